The molecule has 0 bridgehead atoms. The van der Waals surface area contributed by atoms with E-state index in [1.807, 2.05) is 0 Å². The fourth-order valence-corrected chi connectivity index (χ4v) is 1.74. The number of hydrogen-bond acceptors (Lipinski definition) is 2. The Hall–Kier alpha value is -0.570. The summed E-state index contributed by atoms with van der Waals surface area (Å²) in [5.41, 5.74) is -0.738. The summed E-state index contributed by atoms with van der Waals surface area (Å²) >= 11 is 0. The number of carbonyl (C=O) groups is 1. The lowest BCUT2D eigenvalue weighted by Crippen LogP contribution is -2.29. The lowest BCUT2D eigenvalue weighted by atomic mass is 9.89. The minimum atomic E-state index is -0.766. The highest BCUT2D eigenvalue weighted by atomic mass is 16.6. The monoisotopic (exact) mass is 142 g/mol. The van der Waals surface area contributed by atoms with E-state index in [2.05, 4.69) is 0 Å². The van der Waals surface area contributed by atoms with E-state index >= 15 is 0 Å². The summed E-state index contributed by atoms with van der Waals surface area (Å²) in [6.07, 6.45) is 3.82. The molecule has 2 aliphatic rings. The largest absolute Gasteiger partial charge is 0.479 e. The Bertz CT molecular complexity index is 178. The molecule has 56 valence electrons. The van der Waals surface area contributed by atoms with E-state index in [0.29, 0.717) is 6.42 Å². The van der Waals surface area contributed by atoms with E-state index in [1.165, 1.54) is 0 Å². The molecule has 1 aliphatic heterocycles. The number of epoxide rings is 1. The van der Waals surface area contributed by atoms with Crippen molar-refractivity contribution in [2.75, 3.05) is 0 Å². The van der Waals surface area contributed by atoms with Crippen molar-refractivity contribution in [1.29, 1.82) is 0 Å². The minimum Gasteiger partial charge on any atom is -0.479 e. The molecule has 1 heterocycles. The van der Waals surface area contributed by atoms with Crippen molar-refractivity contribution in [2.45, 2.75) is 37.4 Å². The Morgan fingerprint density at radius 2 is 2.40 bits per heavy atom. The average Bonchev–Trinajstić information content (AvgIpc) is 2.61. The highest BCUT2D eigenvalue weighted by Gasteiger charge is 2.63. The second-order valence-electron chi connectivity index (χ2n) is 3.05. The molecule has 0 amide bonds. The molecule has 0 unspecified atom stereocenters. The SMILES string of the molecule is O=C(O)[C@@]12CCCC[C@@H]1O2. The van der Waals surface area contributed by atoms with Gasteiger partial charge >= 0.3 is 5.97 Å². The van der Waals surface area contributed by atoms with Gasteiger partial charge in [-0.3, -0.25) is 0 Å². The van der Waals surface area contributed by atoms with Crippen LogP contribution in [0.5, 0.6) is 0 Å². The highest BCUT2D eigenvalue weighted by Crippen LogP contribution is 2.47. The quantitative estimate of drug-likeness (QED) is 0.550. The first-order chi connectivity index (χ1) is 4.76. The van der Waals surface area contributed by atoms with Gasteiger partial charge in [0.2, 0.25) is 0 Å². The lowest BCUT2D eigenvalue weighted by molar-refractivity contribution is -0.143. The van der Waals surface area contributed by atoms with Gasteiger partial charge in [0.1, 0.15) is 0 Å². The first kappa shape index (κ1) is 6.16. The van der Waals surface area contributed by atoms with Crippen molar-refractivity contribution >= 4 is 5.97 Å². The van der Waals surface area contributed by atoms with E-state index in [1.54, 1.807) is 0 Å². The second kappa shape index (κ2) is 1.72. The van der Waals surface area contributed by atoms with Gasteiger partial charge in [-0.05, 0) is 19.3 Å². The van der Waals surface area contributed by atoms with Crippen molar-refractivity contribution in [3.8, 4) is 0 Å². The summed E-state index contributed by atoms with van der Waals surface area (Å²) in [5.74, 6) is -0.766. The molecular weight excluding hydrogens is 132 g/mol. The minimum absolute atomic E-state index is 0.0405. The number of carboxylic acids is 1. The molecule has 1 saturated heterocycles. The Kier molecular flexibility index (Phi) is 1.06. The van der Waals surface area contributed by atoms with Gasteiger partial charge in [0.05, 0.1) is 6.10 Å². The maximum Gasteiger partial charge on any atom is 0.338 e. The molecule has 1 saturated carbocycles. The number of carboxylic acid groups (broad SMARTS) is 1. The molecule has 3 heteroatoms. The van der Waals surface area contributed by atoms with Crippen LogP contribution in [0.3, 0.4) is 0 Å². The zero-order valence-electron chi connectivity index (χ0n) is 5.67. The van der Waals surface area contributed by atoms with Crippen LogP contribution < -0.4 is 0 Å². The topological polar surface area (TPSA) is 49.8 Å². The van der Waals surface area contributed by atoms with Crippen LogP contribution >= 0.6 is 0 Å². The number of aliphatic carboxylic acids is 1. The number of hydrogen-bond donors (Lipinski definition) is 1. The summed E-state index contributed by atoms with van der Waals surface area (Å²) < 4.78 is 5.13. The molecule has 0 radical (unpaired) electrons. The molecule has 0 aromatic carbocycles. The number of rotatable bonds is 1. The Morgan fingerprint density at radius 1 is 1.60 bits per heavy atom. The normalized spacial score (nSPS) is 44.2. The van der Waals surface area contributed by atoms with E-state index < -0.39 is 11.6 Å². The molecule has 1 N–H and O–H groups in total. The number of ether oxygens (including phenoxy) is 1. The van der Waals surface area contributed by atoms with Crippen molar-refractivity contribution in [1.82, 2.24) is 0 Å². The Labute approximate surface area is 59.0 Å². The van der Waals surface area contributed by atoms with Crippen LogP contribution in [0.25, 0.3) is 0 Å². The third kappa shape index (κ3) is 0.611. The zero-order chi connectivity index (χ0) is 7.19. The van der Waals surface area contributed by atoms with Gasteiger partial charge < -0.3 is 9.84 Å². The Balaban J connectivity index is 2.12. The van der Waals surface area contributed by atoms with Crippen LogP contribution in [-0.2, 0) is 9.53 Å². The summed E-state index contributed by atoms with van der Waals surface area (Å²) in [5, 5.41) is 8.71. The fourth-order valence-electron chi connectivity index (χ4n) is 1.74. The average molecular weight is 142 g/mol. The van der Waals surface area contributed by atoms with E-state index in [-0.39, 0.29) is 6.10 Å². The lowest BCUT2D eigenvalue weighted by Gasteiger charge is -2.11. The van der Waals surface area contributed by atoms with Crippen LogP contribution in [0.1, 0.15) is 25.7 Å². The summed E-state index contributed by atoms with van der Waals surface area (Å²) in [4.78, 5) is 10.6. The highest BCUT2D eigenvalue weighted by molar-refractivity contribution is 5.81. The molecule has 2 fully saturated rings. The third-order valence-electron chi connectivity index (χ3n) is 2.44. The molecule has 1 aliphatic carbocycles. The first-order valence-corrected chi connectivity index (χ1v) is 3.67. The fraction of sp³-hybridized carbons (Fsp3) is 0.857. The number of fused-ring (bicyclic) bond motifs is 1. The molecule has 2 atom stereocenters. The zero-order valence-corrected chi connectivity index (χ0v) is 5.67. The van der Waals surface area contributed by atoms with Gasteiger partial charge in [0, 0.05) is 0 Å². The van der Waals surface area contributed by atoms with Gasteiger partial charge in [-0.2, -0.15) is 0 Å². The molecule has 10 heavy (non-hydrogen) atoms. The van der Waals surface area contributed by atoms with E-state index in [0.717, 1.165) is 19.3 Å². The van der Waals surface area contributed by atoms with Crippen LogP contribution in [0, 0.1) is 0 Å². The molecule has 0 spiro atoms. The molecule has 2 rings (SSSR count). The van der Waals surface area contributed by atoms with Crippen LogP contribution in [-0.4, -0.2) is 22.8 Å². The van der Waals surface area contributed by atoms with Crippen LogP contribution in [0.4, 0.5) is 0 Å². The predicted octanol–water partition coefficient (Wildman–Crippen LogP) is 0.783. The maximum absolute atomic E-state index is 10.6. The molecule has 0 aromatic heterocycles. The predicted molar refractivity (Wildman–Crippen MR) is 33.7 cm³/mol. The summed E-state index contributed by atoms with van der Waals surface area (Å²) in [6, 6.07) is 0. The second-order valence-corrected chi connectivity index (χ2v) is 3.05. The van der Waals surface area contributed by atoms with Crippen molar-refractivity contribution in [3.05, 3.63) is 0 Å². The van der Waals surface area contributed by atoms with E-state index in [9.17, 15) is 4.79 Å². The smallest absolute Gasteiger partial charge is 0.338 e. The van der Waals surface area contributed by atoms with Gasteiger partial charge in [0.15, 0.2) is 5.60 Å². The third-order valence-corrected chi connectivity index (χ3v) is 2.44. The van der Waals surface area contributed by atoms with Gasteiger partial charge in [-0.25, -0.2) is 4.79 Å². The van der Waals surface area contributed by atoms with Crippen LogP contribution in [0.15, 0.2) is 0 Å². The molecule has 0 aromatic rings. The molecule has 3 nitrogen and oxygen atoms in total. The first-order valence-electron chi connectivity index (χ1n) is 3.67. The summed E-state index contributed by atoms with van der Waals surface area (Å²) in [6.45, 7) is 0. The summed E-state index contributed by atoms with van der Waals surface area (Å²) in [7, 11) is 0. The van der Waals surface area contributed by atoms with E-state index in [4.69, 9.17) is 9.84 Å². The van der Waals surface area contributed by atoms with Gasteiger partial charge in [-0.15, -0.1) is 0 Å². The van der Waals surface area contributed by atoms with Crippen molar-refractivity contribution in [2.24, 2.45) is 0 Å². The van der Waals surface area contributed by atoms with Crippen molar-refractivity contribution < 1.29 is 14.6 Å². The van der Waals surface area contributed by atoms with Crippen LogP contribution in [0.2, 0.25) is 0 Å². The maximum atomic E-state index is 10.6. The van der Waals surface area contributed by atoms with Gasteiger partial charge in [-0.1, -0.05) is 6.42 Å². The molecular formula is C7H10O3. The standard InChI is InChI=1S/C7H10O3/c8-6(9)7-4-2-1-3-5(7)10-7/h5H,1-4H2,(H,8,9)/t5-,7+/m0/s1. The van der Waals surface area contributed by atoms with Gasteiger partial charge in [0.25, 0.3) is 0 Å². The van der Waals surface area contributed by atoms with Crippen molar-refractivity contribution in [3.63, 3.8) is 0 Å². The Morgan fingerprint density at radius 3 is 2.90 bits per heavy atom.